The first-order valence-corrected chi connectivity index (χ1v) is 6.95. The minimum Gasteiger partial charge on any atom is -0.484 e. The normalized spacial score (nSPS) is 11.8. The first kappa shape index (κ1) is 16.0. The highest BCUT2D eigenvalue weighted by molar-refractivity contribution is 5.77. The molecule has 0 heterocycles. The van der Waals surface area contributed by atoms with Crippen LogP contribution in [0.15, 0.2) is 48.5 Å². The summed E-state index contributed by atoms with van der Waals surface area (Å²) in [6.45, 7) is 1.65. The molecular formula is C17H18FNO3. The van der Waals surface area contributed by atoms with Crippen molar-refractivity contribution >= 4 is 5.91 Å². The van der Waals surface area contributed by atoms with E-state index in [1.54, 1.807) is 18.2 Å². The Bertz CT molecular complexity index is 645. The molecule has 1 unspecified atom stereocenters. The molecule has 0 saturated heterocycles. The first-order chi connectivity index (χ1) is 10.6. The summed E-state index contributed by atoms with van der Waals surface area (Å²) in [5.41, 5.74) is 1.09. The SMILES string of the molecule is Cc1ccccc1OCC(=O)NCC(O)c1ccccc1F. The number of para-hydroxylation sites is 1. The Hall–Kier alpha value is -2.40. The number of rotatable bonds is 6. The molecule has 2 aromatic rings. The lowest BCUT2D eigenvalue weighted by molar-refractivity contribution is -0.123. The Morgan fingerprint density at radius 3 is 2.64 bits per heavy atom. The van der Waals surface area contributed by atoms with Gasteiger partial charge in [-0.3, -0.25) is 4.79 Å². The fourth-order valence-electron chi connectivity index (χ4n) is 1.98. The number of nitrogens with one attached hydrogen (secondary N) is 1. The highest BCUT2D eigenvalue weighted by Gasteiger charge is 2.13. The molecular weight excluding hydrogens is 285 g/mol. The van der Waals surface area contributed by atoms with Gasteiger partial charge in [-0.15, -0.1) is 0 Å². The molecule has 0 aliphatic carbocycles. The van der Waals surface area contributed by atoms with E-state index >= 15 is 0 Å². The number of aliphatic hydroxyl groups is 1. The van der Waals surface area contributed by atoms with Gasteiger partial charge in [0, 0.05) is 12.1 Å². The fourth-order valence-corrected chi connectivity index (χ4v) is 1.98. The third-order valence-corrected chi connectivity index (χ3v) is 3.21. The summed E-state index contributed by atoms with van der Waals surface area (Å²) >= 11 is 0. The van der Waals surface area contributed by atoms with Crippen molar-refractivity contribution in [2.24, 2.45) is 0 Å². The van der Waals surface area contributed by atoms with Gasteiger partial charge in [-0.05, 0) is 24.6 Å². The molecule has 2 rings (SSSR count). The number of amides is 1. The molecule has 5 heteroatoms. The van der Waals surface area contributed by atoms with Crippen molar-refractivity contribution in [1.29, 1.82) is 0 Å². The number of carbonyl (C=O) groups excluding carboxylic acids is 1. The van der Waals surface area contributed by atoms with E-state index in [1.165, 1.54) is 12.1 Å². The molecule has 0 aromatic heterocycles. The standard InChI is InChI=1S/C17H18FNO3/c1-12-6-2-5-9-16(12)22-11-17(21)19-10-15(20)13-7-3-4-8-14(13)18/h2-9,15,20H,10-11H2,1H3,(H,19,21). The number of halogens is 1. The van der Waals surface area contributed by atoms with E-state index in [4.69, 9.17) is 4.74 Å². The number of hydrogen-bond acceptors (Lipinski definition) is 3. The number of carbonyl (C=O) groups is 1. The lowest BCUT2D eigenvalue weighted by Gasteiger charge is -2.13. The van der Waals surface area contributed by atoms with Crippen LogP contribution in [0.2, 0.25) is 0 Å². The van der Waals surface area contributed by atoms with E-state index in [2.05, 4.69) is 5.32 Å². The van der Waals surface area contributed by atoms with Crippen LogP contribution in [0.25, 0.3) is 0 Å². The van der Waals surface area contributed by atoms with E-state index in [0.717, 1.165) is 5.56 Å². The summed E-state index contributed by atoms with van der Waals surface area (Å²) in [5, 5.41) is 12.4. The predicted molar refractivity (Wildman–Crippen MR) is 81.0 cm³/mol. The molecule has 22 heavy (non-hydrogen) atoms. The minimum absolute atomic E-state index is 0.0725. The van der Waals surface area contributed by atoms with Crippen LogP contribution in [0.4, 0.5) is 4.39 Å². The second-order valence-corrected chi connectivity index (χ2v) is 4.90. The van der Waals surface area contributed by atoms with Crippen LogP contribution >= 0.6 is 0 Å². The van der Waals surface area contributed by atoms with Crippen molar-refractivity contribution in [1.82, 2.24) is 5.32 Å². The average Bonchev–Trinajstić information content (AvgIpc) is 2.52. The smallest absolute Gasteiger partial charge is 0.258 e. The summed E-state index contributed by atoms with van der Waals surface area (Å²) < 4.78 is 18.9. The van der Waals surface area contributed by atoms with Crippen molar-refractivity contribution in [2.45, 2.75) is 13.0 Å². The van der Waals surface area contributed by atoms with Gasteiger partial charge < -0.3 is 15.2 Å². The molecule has 0 saturated carbocycles. The Morgan fingerprint density at radius 1 is 1.23 bits per heavy atom. The number of hydrogen-bond donors (Lipinski definition) is 2. The van der Waals surface area contributed by atoms with Gasteiger partial charge in [-0.25, -0.2) is 4.39 Å². The maximum atomic E-state index is 13.5. The zero-order chi connectivity index (χ0) is 15.9. The third kappa shape index (κ3) is 4.30. The van der Waals surface area contributed by atoms with Crippen LogP contribution in [0, 0.1) is 12.7 Å². The summed E-state index contributed by atoms with van der Waals surface area (Å²) in [5.74, 6) is -0.244. The van der Waals surface area contributed by atoms with E-state index in [-0.39, 0.29) is 24.6 Å². The fraction of sp³-hybridized carbons (Fsp3) is 0.235. The molecule has 0 aliphatic rings. The summed E-state index contributed by atoms with van der Waals surface area (Å²) in [7, 11) is 0. The molecule has 0 radical (unpaired) electrons. The van der Waals surface area contributed by atoms with E-state index < -0.39 is 11.9 Å². The van der Waals surface area contributed by atoms with Crippen LogP contribution in [-0.4, -0.2) is 24.2 Å². The summed E-state index contributed by atoms with van der Waals surface area (Å²) in [6.07, 6.45) is -1.09. The van der Waals surface area contributed by atoms with E-state index in [9.17, 15) is 14.3 Å². The topological polar surface area (TPSA) is 58.6 Å². The molecule has 0 bridgehead atoms. The number of aryl methyl sites for hydroxylation is 1. The Morgan fingerprint density at radius 2 is 1.91 bits per heavy atom. The minimum atomic E-state index is -1.09. The largest absolute Gasteiger partial charge is 0.484 e. The average molecular weight is 303 g/mol. The second kappa shape index (κ2) is 7.56. The first-order valence-electron chi connectivity index (χ1n) is 6.95. The van der Waals surface area contributed by atoms with Crippen LogP contribution in [0.3, 0.4) is 0 Å². The number of benzene rings is 2. The van der Waals surface area contributed by atoms with E-state index in [0.29, 0.717) is 5.75 Å². The highest BCUT2D eigenvalue weighted by Crippen LogP contribution is 2.16. The van der Waals surface area contributed by atoms with Crippen LogP contribution in [0.1, 0.15) is 17.2 Å². The van der Waals surface area contributed by atoms with Crippen molar-refractivity contribution < 1.29 is 19.0 Å². The van der Waals surface area contributed by atoms with Crippen molar-refractivity contribution in [3.63, 3.8) is 0 Å². The lowest BCUT2D eigenvalue weighted by atomic mass is 10.1. The molecule has 2 N–H and O–H groups in total. The zero-order valence-corrected chi connectivity index (χ0v) is 12.3. The Kier molecular flexibility index (Phi) is 5.49. The van der Waals surface area contributed by atoms with E-state index in [1.807, 2.05) is 25.1 Å². The van der Waals surface area contributed by atoms with Crippen LogP contribution in [-0.2, 0) is 4.79 Å². The van der Waals surface area contributed by atoms with Crippen molar-refractivity contribution in [3.05, 3.63) is 65.5 Å². The maximum absolute atomic E-state index is 13.5. The molecule has 4 nitrogen and oxygen atoms in total. The Labute approximate surface area is 128 Å². The lowest BCUT2D eigenvalue weighted by Crippen LogP contribution is -2.32. The molecule has 116 valence electrons. The Balaban J connectivity index is 1.81. The molecule has 0 spiro atoms. The number of aliphatic hydroxyl groups excluding tert-OH is 1. The third-order valence-electron chi connectivity index (χ3n) is 3.21. The molecule has 2 aromatic carbocycles. The van der Waals surface area contributed by atoms with Gasteiger partial charge in [-0.2, -0.15) is 0 Å². The van der Waals surface area contributed by atoms with Gasteiger partial charge in [-0.1, -0.05) is 36.4 Å². The van der Waals surface area contributed by atoms with Gasteiger partial charge in [0.25, 0.3) is 5.91 Å². The zero-order valence-electron chi connectivity index (χ0n) is 12.3. The second-order valence-electron chi connectivity index (χ2n) is 4.90. The monoisotopic (exact) mass is 303 g/mol. The molecule has 1 amide bonds. The predicted octanol–water partition coefficient (Wildman–Crippen LogP) is 2.36. The molecule has 1 atom stereocenters. The van der Waals surface area contributed by atoms with Gasteiger partial charge >= 0.3 is 0 Å². The van der Waals surface area contributed by atoms with Crippen LogP contribution < -0.4 is 10.1 Å². The maximum Gasteiger partial charge on any atom is 0.258 e. The summed E-state index contributed by atoms with van der Waals surface area (Å²) in [4.78, 5) is 11.7. The van der Waals surface area contributed by atoms with Gasteiger partial charge in [0.15, 0.2) is 6.61 Å². The van der Waals surface area contributed by atoms with Gasteiger partial charge in [0.2, 0.25) is 0 Å². The van der Waals surface area contributed by atoms with Gasteiger partial charge in [0.1, 0.15) is 11.6 Å². The van der Waals surface area contributed by atoms with Crippen LogP contribution in [0.5, 0.6) is 5.75 Å². The van der Waals surface area contributed by atoms with Gasteiger partial charge in [0.05, 0.1) is 6.10 Å². The molecule has 0 aliphatic heterocycles. The van der Waals surface area contributed by atoms with Crippen molar-refractivity contribution in [2.75, 3.05) is 13.2 Å². The van der Waals surface area contributed by atoms with Crippen molar-refractivity contribution in [3.8, 4) is 5.75 Å². The summed E-state index contributed by atoms with van der Waals surface area (Å²) in [6, 6.07) is 13.3. The molecule has 0 fully saturated rings. The highest BCUT2D eigenvalue weighted by atomic mass is 19.1. The quantitative estimate of drug-likeness (QED) is 0.861. The number of ether oxygens (including phenoxy) is 1.